The molecule has 3 aromatic rings. The molecule has 0 spiro atoms. The Hall–Kier alpha value is -2.92. The number of ether oxygens (including phenoxy) is 1. The average molecular weight is 394 g/mol. The summed E-state index contributed by atoms with van der Waals surface area (Å²) in [6.45, 7) is 7.75. The van der Waals surface area contributed by atoms with Crippen molar-refractivity contribution in [3.63, 3.8) is 0 Å². The topological polar surface area (TPSA) is 48.3 Å². The van der Waals surface area contributed by atoms with Crippen LogP contribution in [0, 0.1) is 27.7 Å². The van der Waals surface area contributed by atoms with Crippen LogP contribution in [0.2, 0.25) is 0 Å². The van der Waals surface area contributed by atoms with E-state index in [-0.39, 0.29) is 12.4 Å². The number of carbonyl (C=O) groups is 2. The highest BCUT2D eigenvalue weighted by Gasteiger charge is 2.18. The minimum Gasteiger partial charge on any atom is -0.454 e. The molecular formula is C23H23NO3S. The number of nitrogens with zero attached hydrogens (tertiary/aromatic N) is 1. The second-order valence-electron chi connectivity index (χ2n) is 6.81. The Morgan fingerprint density at radius 3 is 2.54 bits per heavy atom. The molecule has 0 unspecified atom stereocenters. The zero-order valence-electron chi connectivity index (χ0n) is 16.5. The van der Waals surface area contributed by atoms with E-state index in [0.717, 1.165) is 22.6 Å². The first kappa shape index (κ1) is 19.8. The van der Waals surface area contributed by atoms with Crippen LogP contribution in [0.25, 0.3) is 11.8 Å². The van der Waals surface area contributed by atoms with Crippen LogP contribution in [0.1, 0.15) is 38.4 Å². The van der Waals surface area contributed by atoms with Gasteiger partial charge in [0.1, 0.15) is 0 Å². The fraction of sp³-hybridized carbons (Fsp3) is 0.217. The van der Waals surface area contributed by atoms with Crippen molar-refractivity contribution in [3.05, 3.63) is 80.8 Å². The van der Waals surface area contributed by atoms with Gasteiger partial charge in [-0.1, -0.05) is 6.07 Å². The quantitative estimate of drug-likeness (QED) is 0.328. The molecule has 0 saturated heterocycles. The van der Waals surface area contributed by atoms with Crippen LogP contribution in [0.3, 0.4) is 0 Å². The first-order valence-corrected chi connectivity index (χ1v) is 9.98. The van der Waals surface area contributed by atoms with E-state index in [1.165, 1.54) is 17.2 Å². The largest absolute Gasteiger partial charge is 0.454 e. The van der Waals surface area contributed by atoms with Gasteiger partial charge in [0.15, 0.2) is 6.61 Å². The molecule has 2 heterocycles. The Morgan fingerprint density at radius 2 is 1.86 bits per heavy atom. The predicted molar refractivity (Wildman–Crippen MR) is 113 cm³/mol. The molecule has 3 rings (SSSR count). The van der Waals surface area contributed by atoms with Crippen molar-refractivity contribution >= 4 is 29.2 Å². The van der Waals surface area contributed by atoms with Gasteiger partial charge < -0.3 is 9.30 Å². The number of rotatable bonds is 6. The van der Waals surface area contributed by atoms with Gasteiger partial charge in [0, 0.05) is 28.7 Å². The molecule has 1 aromatic carbocycles. The Kier molecular flexibility index (Phi) is 5.95. The van der Waals surface area contributed by atoms with Gasteiger partial charge in [-0.15, -0.1) is 0 Å². The van der Waals surface area contributed by atoms with E-state index >= 15 is 0 Å². The highest BCUT2D eigenvalue weighted by atomic mass is 32.1. The lowest BCUT2D eigenvalue weighted by atomic mass is 10.1. The molecule has 0 bridgehead atoms. The highest BCUT2D eigenvalue weighted by Crippen LogP contribution is 2.23. The van der Waals surface area contributed by atoms with Gasteiger partial charge in [-0.25, -0.2) is 4.79 Å². The maximum Gasteiger partial charge on any atom is 0.331 e. The van der Waals surface area contributed by atoms with Gasteiger partial charge in [0.05, 0.1) is 0 Å². The van der Waals surface area contributed by atoms with E-state index in [9.17, 15) is 9.59 Å². The first-order chi connectivity index (χ1) is 13.4. The summed E-state index contributed by atoms with van der Waals surface area (Å²) in [5.41, 5.74) is 6.76. The summed E-state index contributed by atoms with van der Waals surface area (Å²) in [7, 11) is 0. The number of hydrogen-bond donors (Lipinski definition) is 0. The molecular weight excluding hydrogens is 370 g/mol. The number of esters is 1. The standard InChI is InChI=1S/C23H23NO3S/c1-15-5-7-20(11-16(15)2)24-17(3)12-21(18(24)4)22(25)13-27-23(26)8-6-19-9-10-28-14-19/h5-12,14H,13H2,1-4H3/b8-6+. The lowest BCUT2D eigenvalue weighted by Crippen LogP contribution is -2.13. The van der Waals surface area contributed by atoms with E-state index in [0.29, 0.717) is 5.56 Å². The van der Waals surface area contributed by atoms with Crippen molar-refractivity contribution in [2.75, 3.05) is 6.61 Å². The van der Waals surface area contributed by atoms with Crippen molar-refractivity contribution in [1.29, 1.82) is 0 Å². The average Bonchev–Trinajstić information content (AvgIpc) is 3.28. The normalized spacial score (nSPS) is 11.1. The molecule has 0 aliphatic carbocycles. The number of hydrogen-bond acceptors (Lipinski definition) is 4. The summed E-state index contributed by atoms with van der Waals surface area (Å²) >= 11 is 1.55. The van der Waals surface area contributed by atoms with Gasteiger partial charge in [0.2, 0.25) is 5.78 Å². The minimum atomic E-state index is -0.525. The third-order valence-corrected chi connectivity index (χ3v) is 5.48. The zero-order chi connectivity index (χ0) is 20.3. The number of Topliss-reactive ketones (excluding diaryl/α,β-unsaturated/α-hetero) is 1. The maximum absolute atomic E-state index is 12.6. The molecule has 28 heavy (non-hydrogen) atoms. The van der Waals surface area contributed by atoms with Crippen LogP contribution in [-0.4, -0.2) is 22.9 Å². The van der Waals surface area contributed by atoms with Crippen molar-refractivity contribution < 1.29 is 14.3 Å². The van der Waals surface area contributed by atoms with E-state index in [2.05, 4.69) is 30.5 Å². The maximum atomic E-state index is 12.6. The first-order valence-electron chi connectivity index (χ1n) is 9.03. The fourth-order valence-corrected chi connectivity index (χ4v) is 3.73. The van der Waals surface area contributed by atoms with Crippen LogP contribution >= 0.6 is 11.3 Å². The monoisotopic (exact) mass is 393 g/mol. The second kappa shape index (κ2) is 8.40. The van der Waals surface area contributed by atoms with Gasteiger partial charge in [-0.2, -0.15) is 11.3 Å². The molecule has 0 fully saturated rings. The zero-order valence-corrected chi connectivity index (χ0v) is 17.3. The Bertz CT molecular complexity index is 1040. The lowest BCUT2D eigenvalue weighted by molar-refractivity contribution is -0.136. The van der Waals surface area contributed by atoms with E-state index in [1.807, 2.05) is 42.8 Å². The van der Waals surface area contributed by atoms with Crippen molar-refractivity contribution in [1.82, 2.24) is 4.57 Å². The number of carbonyl (C=O) groups excluding carboxylic acids is 2. The lowest BCUT2D eigenvalue weighted by Gasteiger charge is -2.12. The summed E-state index contributed by atoms with van der Waals surface area (Å²) in [4.78, 5) is 24.5. The molecule has 0 N–H and O–H groups in total. The number of benzene rings is 1. The predicted octanol–water partition coefficient (Wildman–Crippen LogP) is 5.21. The van der Waals surface area contributed by atoms with Crippen LogP contribution in [0.5, 0.6) is 0 Å². The molecule has 2 aromatic heterocycles. The summed E-state index contributed by atoms with van der Waals surface area (Å²) < 4.78 is 7.17. The number of thiophene rings is 1. The van der Waals surface area contributed by atoms with E-state index < -0.39 is 5.97 Å². The Morgan fingerprint density at radius 1 is 1.07 bits per heavy atom. The number of aromatic nitrogens is 1. The van der Waals surface area contributed by atoms with Gasteiger partial charge in [-0.05, 0) is 85.5 Å². The number of aryl methyl sites for hydroxylation is 3. The molecule has 4 nitrogen and oxygen atoms in total. The third kappa shape index (κ3) is 4.31. The molecule has 0 amide bonds. The number of ketones is 1. The van der Waals surface area contributed by atoms with E-state index in [4.69, 9.17) is 4.74 Å². The fourth-order valence-electron chi connectivity index (χ4n) is 3.10. The highest BCUT2D eigenvalue weighted by molar-refractivity contribution is 7.08. The van der Waals surface area contributed by atoms with Gasteiger partial charge >= 0.3 is 5.97 Å². The van der Waals surface area contributed by atoms with Crippen LogP contribution in [-0.2, 0) is 9.53 Å². The summed E-state index contributed by atoms with van der Waals surface area (Å²) in [5.74, 6) is -0.733. The van der Waals surface area contributed by atoms with Crippen molar-refractivity contribution in [3.8, 4) is 5.69 Å². The SMILES string of the molecule is Cc1ccc(-n2c(C)cc(C(=O)COC(=O)/C=C/c3ccsc3)c2C)cc1C. The summed E-state index contributed by atoms with van der Waals surface area (Å²) in [6.07, 6.45) is 3.02. The van der Waals surface area contributed by atoms with Gasteiger partial charge in [0.25, 0.3) is 0 Å². The molecule has 0 atom stereocenters. The van der Waals surface area contributed by atoms with Crippen LogP contribution in [0.4, 0.5) is 0 Å². The molecule has 0 saturated carbocycles. The molecule has 5 heteroatoms. The summed E-state index contributed by atoms with van der Waals surface area (Å²) in [5, 5.41) is 3.86. The summed E-state index contributed by atoms with van der Waals surface area (Å²) in [6, 6.07) is 9.99. The molecule has 0 aliphatic heterocycles. The van der Waals surface area contributed by atoms with Crippen molar-refractivity contribution in [2.45, 2.75) is 27.7 Å². The molecule has 0 radical (unpaired) electrons. The van der Waals surface area contributed by atoms with E-state index in [1.54, 1.807) is 17.4 Å². The van der Waals surface area contributed by atoms with Crippen LogP contribution < -0.4 is 0 Å². The van der Waals surface area contributed by atoms with Gasteiger partial charge in [-0.3, -0.25) is 4.79 Å². The Balaban J connectivity index is 1.72. The molecule has 144 valence electrons. The third-order valence-electron chi connectivity index (χ3n) is 4.78. The molecule has 0 aliphatic rings. The smallest absolute Gasteiger partial charge is 0.331 e. The van der Waals surface area contributed by atoms with Crippen molar-refractivity contribution in [2.24, 2.45) is 0 Å². The van der Waals surface area contributed by atoms with Crippen LogP contribution in [0.15, 0.2) is 47.2 Å². The second-order valence-corrected chi connectivity index (χ2v) is 7.59. The minimum absolute atomic E-state index is 0.208. The Labute approximate surface area is 169 Å².